The van der Waals surface area contributed by atoms with Gasteiger partial charge in [-0.3, -0.25) is 4.99 Å². The maximum Gasteiger partial charge on any atom is 0.191 e. The third-order valence-electron chi connectivity index (χ3n) is 2.67. The van der Waals surface area contributed by atoms with E-state index in [2.05, 4.69) is 15.6 Å². The van der Waals surface area contributed by atoms with Gasteiger partial charge in [0.2, 0.25) is 0 Å². The number of aliphatic hydroxyl groups excluding tert-OH is 1. The van der Waals surface area contributed by atoms with E-state index >= 15 is 0 Å². The molecule has 0 saturated carbocycles. The van der Waals surface area contributed by atoms with Crippen molar-refractivity contribution in [2.24, 2.45) is 10.4 Å². The van der Waals surface area contributed by atoms with Gasteiger partial charge in [0.05, 0.1) is 12.1 Å². The Morgan fingerprint density at radius 2 is 1.79 bits per heavy atom. The molecule has 0 fully saturated rings. The van der Waals surface area contributed by atoms with Crippen LogP contribution in [0.2, 0.25) is 0 Å². The Bertz CT molecular complexity index is 269. The van der Waals surface area contributed by atoms with Crippen LogP contribution in [0.5, 0.6) is 0 Å². The Balaban J connectivity index is 0. The van der Waals surface area contributed by atoms with Crippen molar-refractivity contribution < 1.29 is 9.84 Å². The van der Waals surface area contributed by atoms with E-state index < -0.39 is 0 Å². The molecule has 0 spiro atoms. The third kappa shape index (κ3) is 10.4. The summed E-state index contributed by atoms with van der Waals surface area (Å²) in [6.07, 6.45) is 0. The first-order valence-electron chi connectivity index (χ1n) is 6.44. The minimum Gasteiger partial charge on any atom is -0.396 e. The lowest BCUT2D eigenvalue weighted by atomic mass is 9.95. The molecular formula is C13H30IN3O2. The van der Waals surface area contributed by atoms with Crippen molar-refractivity contribution in [1.82, 2.24) is 10.6 Å². The molecule has 0 aliphatic heterocycles. The van der Waals surface area contributed by atoms with E-state index in [1.54, 1.807) is 7.11 Å². The Labute approximate surface area is 134 Å². The second-order valence-electron chi connectivity index (χ2n) is 5.83. The largest absolute Gasteiger partial charge is 0.396 e. The zero-order chi connectivity index (χ0) is 14.2. The minimum absolute atomic E-state index is 0. The lowest BCUT2D eigenvalue weighted by molar-refractivity contribution is 0.0268. The van der Waals surface area contributed by atoms with Gasteiger partial charge in [0.25, 0.3) is 0 Å². The molecule has 6 heteroatoms. The van der Waals surface area contributed by atoms with Crippen molar-refractivity contribution >= 4 is 29.9 Å². The zero-order valence-corrected chi connectivity index (χ0v) is 15.4. The average molecular weight is 387 g/mol. The highest BCUT2D eigenvalue weighted by Gasteiger charge is 2.18. The van der Waals surface area contributed by atoms with Gasteiger partial charge in [0.15, 0.2) is 5.96 Å². The molecule has 3 N–H and O–H groups in total. The zero-order valence-electron chi connectivity index (χ0n) is 13.0. The maximum absolute atomic E-state index is 9.20. The summed E-state index contributed by atoms with van der Waals surface area (Å²) in [7, 11) is 1.70. The lowest BCUT2D eigenvalue weighted by Gasteiger charge is -2.25. The molecule has 19 heavy (non-hydrogen) atoms. The summed E-state index contributed by atoms with van der Waals surface area (Å²) in [4.78, 5) is 4.47. The van der Waals surface area contributed by atoms with Crippen LogP contribution in [0.25, 0.3) is 0 Å². The molecule has 0 rings (SSSR count). The molecule has 0 radical (unpaired) electrons. The number of halogens is 1. The molecule has 5 nitrogen and oxygen atoms in total. The summed E-state index contributed by atoms with van der Waals surface area (Å²) < 4.78 is 5.35. The highest BCUT2D eigenvalue weighted by Crippen LogP contribution is 2.13. The van der Waals surface area contributed by atoms with Gasteiger partial charge < -0.3 is 20.5 Å². The van der Waals surface area contributed by atoms with Crippen molar-refractivity contribution in [2.75, 3.05) is 33.4 Å². The van der Waals surface area contributed by atoms with Crippen LogP contribution in [0.4, 0.5) is 0 Å². The topological polar surface area (TPSA) is 65.9 Å². The standard InChI is InChI=1S/C13H29N3O2.HI/c1-7-14-11(15-8-12(2,3)10-17)16-9-13(4,5)18-6;/h17H,7-10H2,1-6H3,(H2,14,15,16);1H. The van der Waals surface area contributed by atoms with Crippen LogP contribution in [0.1, 0.15) is 34.6 Å². The number of rotatable bonds is 7. The number of hydrogen-bond acceptors (Lipinski definition) is 3. The van der Waals surface area contributed by atoms with E-state index in [-0.39, 0.29) is 41.6 Å². The van der Waals surface area contributed by atoms with Gasteiger partial charge >= 0.3 is 0 Å². The molecular weight excluding hydrogens is 357 g/mol. The smallest absolute Gasteiger partial charge is 0.191 e. The second-order valence-corrected chi connectivity index (χ2v) is 5.83. The van der Waals surface area contributed by atoms with Crippen LogP contribution in [-0.2, 0) is 4.74 Å². The first-order valence-corrected chi connectivity index (χ1v) is 6.44. The number of hydrogen-bond donors (Lipinski definition) is 3. The number of aliphatic imine (C=N–C) groups is 1. The summed E-state index contributed by atoms with van der Waals surface area (Å²) >= 11 is 0. The molecule has 0 heterocycles. The van der Waals surface area contributed by atoms with Crippen LogP contribution in [0.3, 0.4) is 0 Å². The second kappa shape index (κ2) is 9.77. The van der Waals surface area contributed by atoms with Crippen molar-refractivity contribution in [2.45, 2.75) is 40.2 Å². The number of nitrogens with one attached hydrogen (secondary N) is 2. The number of methoxy groups -OCH3 is 1. The van der Waals surface area contributed by atoms with Gasteiger partial charge in [-0.15, -0.1) is 24.0 Å². The quantitative estimate of drug-likeness (QED) is 0.353. The fourth-order valence-electron chi connectivity index (χ4n) is 1.05. The molecule has 0 aliphatic carbocycles. The summed E-state index contributed by atoms with van der Waals surface area (Å²) in [5.41, 5.74) is -0.429. The van der Waals surface area contributed by atoms with Crippen LogP contribution >= 0.6 is 24.0 Å². The van der Waals surface area contributed by atoms with Crippen molar-refractivity contribution in [3.63, 3.8) is 0 Å². The minimum atomic E-state index is -0.233. The van der Waals surface area contributed by atoms with Crippen molar-refractivity contribution in [3.05, 3.63) is 0 Å². The van der Waals surface area contributed by atoms with E-state index in [0.29, 0.717) is 13.1 Å². The number of guanidine groups is 1. The van der Waals surface area contributed by atoms with E-state index in [1.807, 2.05) is 34.6 Å². The Morgan fingerprint density at radius 3 is 2.21 bits per heavy atom. The molecule has 116 valence electrons. The first kappa shape index (κ1) is 21.2. The summed E-state index contributed by atoms with van der Waals surface area (Å²) in [5, 5.41) is 15.6. The monoisotopic (exact) mass is 387 g/mol. The van der Waals surface area contributed by atoms with Crippen molar-refractivity contribution in [3.8, 4) is 0 Å². The number of nitrogens with zero attached hydrogens (tertiary/aromatic N) is 1. The molecule has 0 bridgehead atoms. The van der Waals surface area contributed by atoms with Crippen molar-refractivity contribution in [1.29, 1.82) is 0 Å². The van der Waals surface area contributed by atoms with E-state index in [1.165, 1.54) is 0 Å². The van der Waals surface area contributed by atoms with Gasteiger partial charge in [0, 0.05) is 32.2 Å². The van der Waals surface area contributed by atoms with E-state index in [0.717, 1.165) is 12.5 Å². The normalized spacial score (nSPS) is 12.9. The lowest BCUT2D eigenvalue weighted by Crippen LogP contribution is -2.45. The predicted octanol–water partition coefficient (Wildman–Crippen LogP) is 1.60. The molecule has 0 unspecified atom stereocenters. The molecule has 0 aromatic rings. The molecule has 0 amide bonds. The molecule has 0 aliphatic rings. The fourth-order valence-corrected chi connectivity index (χ4v) is 1.05. The average Bonchev–Trinajstić information content (AvgIpc) is 2.33. The Morgan fingerprint density at radius 1 is 1.21 bits per heavy atom. The van der Waals surface area contributed by atoms with Crippen LogP contribution in [-0.4, -0.2) is 50.0 Å². The van der Waals surface area contributed by atoms with Gasteiger partial charge in [-0.1, -0.05) is 13.8 Å². The van der Waals surface area contributed by atoms with Crippen LogP contribution < -0.4 is 10.6 Å². The molecule has 0 saturated heterocycles. The van der Waals surface area contributed by atoms with Gasteiger partial charge in [-0.05, 0) is 20.8 Å². The summed E-state index contributed by atoms with van der Waals surface area (Å²) in [6, 6.07) is 0. The summed E-state index contributed by atoms with van der Waals surface area (Å²) in [6.45, 7) is 12.2. The Kier molecular flexibility index (Phi) is 10.9. The van der Waals surface area contributed by atoms with Gasteiger partial charge in [0.1, 0.15) is 0 Å². The summed E-state index contributed by atoms with van der Waals surface area (Å²) in [5.74, 6) is 0.754. The SMILES string of the molecule is CCNC(=NCC(C)(C)CO)NCC(C)(C)OC.I. The first-order chi connectivity index (χ1) is 8.26. The fraction of sp³-hybridized carbons (Fsp3) is 0.923. The van der Waals surface area contributed by atoms with Crippen LogP contribution in [0, 0.1) is 5.41 Å². The van der Waals surface area contributed by atoms with E-state index in [9.17, 15) is 5.11 Å². The van der Waals surface area contributed by atoms with E-state index in [4.69, 9.17) is 4.74 Å². The van der Waals surface area contributed by atoms with Gasteiger partial charge in [-0.2, -0.15) is 0 Å². The predicted molar refractivity (Wildman–Crippen MR) is 91.4 cm³/mol. The van der Waals surface area contributed by atoms with Crippen LogP contribution in [0.15, 0.2) is 4.99 Å². The van der Waals surface area contributed by atoms with Gasteiger partial charge in [-0.25, -0.2) is 0 Å². The number of aliphatic hydroxyl groups is 1. The molecule has 0 aromatic carbocycles. The molecule has 0 atom stereocenters. The Hall–Kier alpha value is -0.0800. The maximum atomic E-state index is 9.20. The highest BCUT2D eigenvalue weighted by molar-refractivity contribution is 14.0. The molecule has 0 aromatic heterocycles. The third-order valence-corrected chi connectivity index (χ3v) is 2.67. The highest BCUT2D eigenvalue weighted by atomic mass is 127. The number of ether oxygens (including phenoxy) is 1.